The van der Waals surface area contributed by atoms with Crippen molar-refractivity contribution < 1.29 is 0 Å². The van der Waals surface area contributed by atoms with Gasteiger partial charge in [-0.25, -0.2) is 4.98 Å². The Hall–Kier alpha value is -0.830. The van der Waals surface area contributed by atoms with Gasteiger partial charge in [0.2, 0.25) is 0 Å². The predicted octanol–water partition coefficient (Wildman–Crippen LogP) is 2.83. The lowest BCUT2D eigenvalue weighted by molar-refractivity contribution is 0.420. The van der Waals surface area contributed by atoms with Crippen LogP contribution in [0.2, 0.25) is 0 Å². The van der Waals surface area contributed by atoms with Gasteiger partial charge in [0.15, 0.2) is 0 Å². The molecule has 2 atom stereocenters. The van der Waals surface area contributed by atoms with Gasteiger partial charge < -0.3 is 9.88 Å². The number of imidazole rings is 1. The third-order valence-electron chi connectivity index (χ3n) is 4.03. The van der Waals surface area contributed by atoms with Crippen LogP contribution in [-0.4, -0.2) is 22.1 Å². The molecule has 1 aromatic rings. The third kappa shape index (κ3) is 4.15. The van der Waals surface area contributed by atoms with Crippen LogP contribution in [0.25, 0.3) is 0 Å². The number of hydrogen-bond acceptors (Lipinski definition) is 2. The summed E-state index contributed by atoms with van der Waals surface area (Å²) in [5.74, 6) is 0.982. The molecule has 1 fully saturated rings. The molecule has 0 bridgehead atoms. The summed E-state index contributed by atoms with van der Waals surface area (Å²) in [5.41, 5.74) is 0. The zero-order valence-corrected chi connectivity index (χ0v) is 10.9. The first kappa shape index (κ1) is 12.6. The molecule has 2 unspecified atom stereocenters. The largest absolute Gasteiger partial charge is 0.336 e. The number of nitrogens with one attached hydrogen (secondary N) is 1. The average Bonchev–Trinajstić information content (AvgIpc) is 2.75. The summed E-state index contributed by atoms with van der Waals surface area (Å²) in [6.45, 7) is 4.43. The van der Waals surface area contributed by atoms with E-state index in [2.05, 4.69) is 21.8 Å². The van der Waals surface area contributed by atoms with Crippen molar-refractivity contribution in [2.75, 3.05) is 6.54 Å². The highest BCUT2D eigenvalue weighted by molar-refractivity contribution is 4.77. The second-order valence-electron chi connectivity index (χ2n) is 5.23. The Balaban J connectivity index is 1.65. The molecule has 96 valence electrons. The highest BCUT2D eigenvalue weighted by atomic mass is 15.0. The van der Waals surface area contributed by atoms with Gasteiger partial charge in [-0.3, -0.25) is 0 Å². The third-order valence-corrected chi connectivity index (χ3v) is 4.03. The minimum atomic E-state index is 0.745. The van der Waals surface area contributed by atoms with Crippen molar-refractivity contribution in [3.05, 3.63) is 18.7 Å². The Bertz CT molecular complexity index is 294. The van der Waals surface area contributed by atoms with Crippen LogP contribution in [0, 0.1) is 5.92 Å². The van der Waals surface area contributed by atoms with Crippen LogP contribution in [0.15, 0.2) is 18.7 Å². The van der Waals surface area contributed by atoms with E-state index in [1.807, 2.05) is 18.7 Å². The number of aromatic nitrogens is 2. The molecule has 2 rings (SSSR count). The lowest BCUT2D eigenvalue weighted by Crippen LogP contribution is -2.31. The van der Waals surface area contributed by atoms with Crippen molar-refractivity contribution in [3.8, 4) is 0 Å². The Morgan fingerprint density at radius 2 is 2.24 bits per heavy atom. The Morgan fingerprint density at radius 1 is 1.29 bits per heavy atom. The molecule has 3 nitrogen and oxygen atoms in total. The lowest BCUT2D eigenvalue weighted by Gasteiger charge is -2.16. The molecule has 0 radical (unpaired) electrons. The van der Waals surface area contributed by atoms with Crippen LogP contribution >= 0.6 is 0 Å². The van der Waals surface area contributed by atoms with Gasteiger partial charge in [0.1, 0.15) is 0 Å². The zero-order valence-electron chi connectivity index (χ0n) is 10.9. The van der Waals surface area contributed by atoms with Gasteiger partial charge >= 0.3 is 0 Å². The van der Waals surface area contributed by atoms with Crippen molar-refractivity contribution >= 4 is 0 Å². The first-order valence-corrected chi connectivity index (χ1v) is 7.07. The molecule has 1 heterocycles. The molecule has 0 amide bonds. The van der Waals surface area contributed by atoms with Crippen LogP contribution in [0.4, 0.5) is 0 Å². The predicted molar refractivity (Wildman–Crippen MR) is 70.9 cm³/mol. The molecule has 1 N–H and O–H groups in total. The Kier molecular flexibility index (Phi) is 5.05. The van der Waals surface area contributed by atoms with E-state index in [1.165, 1.54) is 38.5 Å². The minimum absolute atomic E-state index is 0.745. The van der Waals surface area contributed by atoms with Crippen LogP contribution in [0.3, 0.4) is 0 Å². The molecule has 3 heteroatoms. The molecule has 17 heavy (non-hydrogen) atoms. The maximum absolute atomic E-state index is 4.06. The zero-order chi connectivity index (χ0) is 11.9. The van der Waals surface area contributed by atoms with Gasteiger partial charge in [-0.1, -0.05) is 26.2 Å². The van der Waals surface area contributed by atoms with Gasteiger partial charge in [0.25, 0.3) is 0 Å². The first-order chi connectivity index (χ1) is 8.38. The summed E-state index contributed by atoms with van der Waals surface area (Å²) in [6, 6.07) is 0.745. The molecule has 1 aromatic heterocycles. The monoisotopic (exact) mass is 235 g/mol. The molecule has 1 aliphatic rings. The fraction of sp³-hybridized carbons (Fsp3) is 0.786. The van der Waals surface area contributed by atoms with E-state index >= 15 is 0 Å². The van der Waals surface area contributed by atoms with E-state index in [9.17, 15) is 0 Å². The smallest absolute Gasteiger partial charge is 0.0946 e. The quantitative estimate of drug-likeness (QED) is 0.795. The van der Waals surface area contributed by atoms with Crippen LogP contribution in [-0.2, 0) is 6.54 Å². The molecule has 1 saturated carbocycles. The standard InChI is InChI=1S/C14H25N3/c1-2-13-4-3-5-14(7-6-13)16-9-11-17-10-8-15-12-17/h8,10,12-14,16H,2-7,9,11H2,1H3. The second kappa shape index (κ2) is 6.80. The van der Waals surface area contributed by atoms with E-state index in [-0.39, 0.29) is 0 Å². The molecule has 0 spiro atoms. The Morgan fingerprint density at radius 3 is 3.00 bits per heavy atom. The lowest BCUT2D eigenvalue weighted by atomic mass is 9.98. The van der Waals surface area contributed by atoms with E-state index in [1.54, 1.807) is 0 Å². The van der Waals surface area contributed by atoms with Crippen molar-refractivity contribution in [2.24, 2.45) is 5.92 Å². The highest BCUT2D eigenvalue weighted by Gasteiger charge is 2.16. The van der Waals surface area contributed by atoms with Crippen LogP contribution < -0.4 is 5.32 Å². The maximum atomic E-state index is 4.06. The van der Waals surface area contributed by atoms with E-state index in [0.29, 0.717) is 0 Å². The topological polar surface area (TPSA) is 29.9 Å². The maximum Gasteiger partial charge on any atom is 0.0946 e. The number of nitrogens with zero attached hydrogens (tertiary/aromatic N) is 2. The van der Waals surface area contributed by atoms with Crippen molar-refractivity contribution in [1.29, 1.82) is 0 Å². The number of rotatable bonds is 5. The van der Waals surface area contributed by atoms with Gasteiger partial charge in [0, 0.05) is 31.5 Å². The summed E-state index contributed by atoms with van der Waals surface area (Å²) >= 11 is 0. The summed E-state index contributed by atoms with van der Waals surface area (Å²) < 4.78 is 2.14. The number of hydrogen-bond donors (Lipinski definition) is 1. The fourth-order valence-electron chi connectivity index (χ4n) is 2.81. The molecular weight excluding hydrogens is 210 g/mol. The molecular formula is C14H25N3. The van der Waals surface area contributed by atoms with Gasteiger partial charge in [-0.2, -0.15) is 0 Å². The fourth-order valence-corrected chi connectivity index (χ4v) is 2.81. The highest BCUT2D eigenvalue weighted by Crippen LogP contribution is 2.25. The minimum Gasteiger partial charge on any atom is -0.336 e. The normalized spacial score (nSPS) is 25.7. The van der Waals surface area contributed by atoms with Crippen molar-refractivity contribution in [1.82, 2.24) is 14.9 Å². The first-order valence-electron chi connectivity index (χ1n) is 7.07. The van der Waals surface area contributed by atoms with E-state index in [4.69, 9.17) is 0 Å². The second-order valence-corrected chi connectivity index (χ2v) is 5.23. The van der Waals surface area contributed by atoms with Crippen molar-refractivity contribution in [2.45, 2.75) is 58.0 Å². The van der Waals surface area contributed by atoms with Crippen LogP contribution in [0.5, 0.6) is 0 Å². The van der Waals surface area contributed by atoms with Gasteiger partial charge in [-0.15, -0.1) is 0 Å². The summed E-state index contributed by atoms with van der Waals surface area (Å²) in [6.07, 6.45) is 14.1. The molecule has 0 saturated heterocycles. The van der Waals surface area contributed by atoms with Crippen LogP contribution in [0.1, 0.15) is 45.4 Å². The SMILES string of the molecule is CCC1CCCC(NCCn2ccnc2)CC1. The van der Waals surface area contributed by atoms with E-state index in [0.717, 1.165) is 25.0 Å². The average molecular weight is 235 g/mol. The summed E-state index contributed by atoms with van der Waals surface area (Å²) in [4.78, 5) is 4.06. The summed E-state index contributed by atoms with van der Waals surface area (Å²) in [5, 5.41) is 3.70. The molecule has 1 aliphatic carbocycles. The van der Waals surface area contributed by atoms with Gasteiger partial charge in [-0.05, 0) is 25.2 Å². The molecule has 0 aromatic carbocycles. The Labute approximate surface area is 105 Å². The van der Waals surface area contributed by atoms with Crippen molar-refractivity contribution in [3.63, 3.8) is 0 Å². The molecule has 0 aliphatic heterocycles. The van der Waals surface area contributed by atoms with E-state index < -0.39 is 0 Å². The summed E-state index contributed by atoms with van der Waals surface area (Å²) in [7, 11) is 0. The van der Waals surface area contributed by atoms with Gasteiger partial charge in [0.05, 0.1) is 6.33 Å².